The zero-order valence-electron chi connectivity index (χ0n) is 15.5. The second-order valence-corrected chi connectivity index (χ2v) is 8.59. The molecule has 26 heavy (non-hydrogen) atoms. The van der Waals surface area contributed by atoms with Crippen molar-refractivity contribution >= 4 is 26.6 Å². The number of aromatic nitrogens is 3. The van der Waals surface area contributed by atoms with Crippen molar-refractivity contribution < 1.29 is 8.42 Å². The molecule has 0 atom stereocenters. The molecule has 0 saturated heterocycles. The second kappa shape index (κ2) is 6.64. The van der Waals surface area contributed by atoms with Gasteiger partial charge in [0.1, 0.15) is 5.82 Å². The molecule has 0 bridgehead atoms. The molecule has 0 radical (unpaired) electrons. The average Bonchev–Trinajstić information content (AvgIpc) is 2.54. The van der Waals surface area contributed by atoms with Crippen LogP contribution in [0.5, 0.6) is 0 Å². The summed E-state index contributed by atoms with van der Waals surface area (Å²) in [6.07, 6.45) is 2.90. The Morgan fingerprint density at radius 3 is 2.38 bits per heavy atom. The maximum absolute atomic E-state index is 11.5. The van der Waals surface area contributed by atoms with Gasteiger partial charge in [-0.2, -0.15) is 0 Å². The Balaban J connectivity index is 2.15. The number of hydrogen-bond donors (Lipinski definition) is 1. The van der Waals surface area contributed by atoms with E-state index in [9.17, 15) is 8.42 Å². The zero-order valence-corrected chi connectivity index (χ0v) is 16.3. The number of rotatable bonds is 4. The van der Waals surface area contributed by atoms with Crippen LogP contribution in [0.15, 0.2) is 30.5 Å². The Morgan fingerprint density at radius 2 is 1.73 bits per heavy atom. The van der Waals surface area contributed by atoms with E-state index < -0.39 is 10.0 Å². The van der Waals surface area contributed by atoms with E-state index in [1.165, 1.54) is 0 Å². The lowest BCUT2D eigenvalue weighted by Gasteiger charge is -2.12. The van der Waals surface area contributed by atoms with Crippen LogP contribution < -0.4 is 4.72 Å². The lowest BCUT2D eigenvalue weighted by molar-refractivity contribution is 0.607. The summed E-state index contributed by atoms with van der Waals surface area (Å²) in [6.45, 7) is 8.02. The SMILES string of the molecule is Cc1cc(-c2ccnc(C(C)C)n2)nc2c(C)cc(NS(C)(=O)=O)cc12. The Hall–Kier alpha value is -2.54. The minimum Gasteiger partial charge on any atom is -0.284 e. The molecule has 0 unspecified atom stereocenters. The van der Waals surface area contributed by atoms with E-state index in [0.29, 0.717) is 5.69 Å². The van der Waals surface area contributed by atoms with Gasteiger partial charge in [-0.1, -0.05) is 13.8 Å². The minimum absolute atomic E-state index is 0.239. The molecule has 0 spiro atoms. The van der Waals surface area contributed by atoms with E-state index >= 15 is 0 Å². The topological polar surface area (TPSA) is 84.8 Å². The molecular formula is C19H22N4O2S. The third-order valence-corrected chi connectivity index (χ3v) is 4.67. The molecule has 6 nitrogen and oxygen atoms in total. The van der Waals surface area contributed by atoms with E-state index in [1.807, 2.05) is 32.0 Å². The first-order valence-electron chi connectivity index (χ1n) is 8.37. The number of nitrogens with zero attached hydrogens (tertiary/aromatic N) is 3. The van der Waals surface area contributed by atoms with Crippen LogP contribution in [0.25, 0.3) is 22.3 Å². The lowest BCUT2D eigenvalue weighted by Crippen LogP contribution is -2.09. The van der Waals surface area contributed by atoms with Gasteiger partial charge in [-0.15, -0.1) is 0 Å². The standard InChI is InChI=1S/C19H22N4O2S/c1-11(2)19-20-7-6-16(22-19)17-9-12(3)15-10-14(23-26(5,24)25)8-13(4)18(15)21-17/h6-11,23H,1-5H3. The highest BCUT2D eigenvalue weighted by Crippen LogP contribution is 2.29. The van der Waals surface area contributed by atoms with Gasteiger partial charge in [-0.3, -0.25) is 4.72 Å². The number of benzene rings is 1. The van der Waals surface area contributed by atoms with Gasteiger partial charge in [-0.05, 0) is 49.2 Å². The lowest BCUT2D eigenvalue weighted by atomic mass is 10.0. The molecule has 7 heteroatoms. The van der Waals surface area contributed by atoms with Gasteiger partial charge in [0.15, 0.2) is 0 Å². The van der Waals surface area contributed by atoms with Crippen molar-refractivity contribution in [3.05, 3.63) is 47.4 Å². The van der Waals surface area contributed by atoms with E-state index in [-0.39, 0.29) is 5.92 Å². The molecule has 2 heterocycles. The van der Waals surface area contributed by atoms with Crippen LogP contribution in [-0.4, -0.2) is 29.6 Å². The number of aryl methyl sites for hydroxylation is 2. The average molecular weight is 370 g/mol. The number of pyridine rings is 1. The number of fused-ring (bicyclic) bond motifs is 1. The summed E-state index contributed by atoms with van der Waals surface area (Å²) in [6, 6.07) is 7.43. The van der Waals surface area contributed by atoms with Crippen LogP contribution in [0.1, 0.15) is 36.7 Å². The van der Waals surface area contributed by atoms with E-state index in [4.69, 9.17) is 4.98 Å². The van der Waals surface area contributed by atoms with Crippen LogP contribution in [0.4, 0.5) is 5.69 Å². The summed E-state index contributed by atoms with van der Waals surface area (Å²) in [4.78, 5) is 13.7. The molecule has 0 aliphatic rings. The van der Waals surface area contributed by atoms with Crippen molar-refractivity contribution in [2.75, 3.05) is 11.0 Å². The number of sulfonamides is 1. The molecule has 3 aromatic rings. The maximum Gasteiger partial charge on any atom is 0.229 e. The first-order chi connectivity index (χ1) is 12.1. The zero-order chi connectivity index (χ0) is 19.1. The number of anilines is 1. The number of hydrogen-bond acceptors (Lipinski definition) is 5. The van der Waals surface area contributed by atoms with Crippen molar-refractivity contribution in [2.24, 2.45) is 0 Å². The summed E-state index contributed by atoms with van der Waals surface area (Å²) in [5.74, 6) is 1.02. The molecule has 3 rings (SSSR count). The highest BCUT2D eigenvalue weighted by Gasteiger charge is 2.12. The van der Waals surface area contributed by atoms with E-state index in [2.05, 4.69) is 28.5 Å². The molecule has 0 aliphatic carbocycles. The molecule has 0 amide bonds. The van der Waals surface area contributed by atoms with Gasteiger partial charge in [0.2, 0.25) is 10.0 Å². The quantitative estimate of drug-likeness (QED) is 0.755. The smallest absolute Gasteiger partial charge is 0.229 e. The van der Waals surface area contributed by atoms with Crippen LogP contribution in [0.2, 0.25) is 0 Å². The summed E-state index contributed by atoms with van der Waals surface area (Å²) in [7, 11) is -3.33. The Kier molecular flexibility index (Phi) is 4.66. The fourth-order valence-electron chi connectivity index (χ4n) is 2.86. The molecule has 0 saturated carbocycles. The fourth-order valence-corrected chi connectivity index (χ4v) is 3.41. The van der Waals surface area contributed by atoms with Gasteiger partial charge in [0, 0.05) is 23.2 Å². The normalized spacial score (nSPS) is 11.9. The Morgan fingerprint density at radius 1 is 1.00 bits per heavy atom. The molecule has 1 aromatic carbocycles. The summed E-state index contributed by atoms with van der Waals surface area (Å²) in [5.41, 5.74) is 4.85. The van der Waals surface area contributed by atoms with Crippen LogP contribution in [-0.2, 0) is 10.0 Å². The van der Waals surface area contributed by atoms with Crippen molar-refractivity contribution in [1.29, 1.82) is 0 Å². The van der Waals surface area contributed by atoms with Crippen molar-refractivity contribution in [3.8, 4) is 11.4 Å². The fraction of sp³-hybridized carbons (Fsp3) is 0.316. The minimum atomic E-state index is -3.33. The molecule has 0 aliphatic heterocycles. The largest absolute Gasteiger partial charge is 0.284 e. The molecule has 2 aromatic heterocycles. The first-order valence-corrected chi connectivity index (χ1v) is 10.3. The van der Waals surface area contributed by atoms with Crippen molar-refractivity contribution in [3.63, 3.8) is 0 Å². The highest BCUT2D eigenvalue weighted by molar-refractivity contribution is 7.92. The Bertz CT molecular complexity index is 1090. The van der Waals surface area contributed by atoms with E-state index in [1.54, 1.807) is 12.3 Å². The number of nitrogens with one attached hydrogen (secondary N) is 1. The van der Waals surface area contributed by atoms with Crippen molar-refractivity contribution in [1.82, 2.24) is 15.0 Å². The van der Waals surface area contributed by atoms with E-state index in [0.717, 1.165) is 45.5 Å². The summed E-state index contributed by atoms with van der Waals surface area (Å²) < 4.78 is 25.6. The predicted molar refractivity (Wildman–Crippen MR) is 105 cm³/mol. The molecule has 136 valence electrons. The van der Waals surface area contributed by atoms with Gasteiger partial charge in [0.25, 0.3) is 0 Å². The van der Waals surface area contributed by atoms with Gasteiger partial charge < -0.3 is 0 Å². The molecule has 0 fully saturated rings. The first kappa shape index (κ1) is 18.3. The van der Waals surface area contributed by atoms with Gasteiger partial charge in [0.05, 0.1) is 23.2 Å². The third-order valence-electron chi connectivity index (χ3n) is 4.07. The van der Waals surface area contributed by atoms with Crippen LogP contribution in [0.3, 0.4) is 0 Å². The molecule has 1 N–H and O–H groups in total. The Labute approximate surface area is 153 Å². The monoisotopic (exact) mass is 370 g/mol. The van der Waals surface area contributed by atoms with Gasteiger partial charge in [-0.25, -0.2) is 23.4 Å². The van der Waals surface area contributed by atoms with Crippen molar-refractivity contribution in [2.45, 2.75) is 33.6 Å². The van der Waals surface area contributed by atoms with Crippen LogP contribution >= 0.6 is 0 Å². The second-order valence-electron chi connectivity index (χ2n) is 6.84. The third kappa shape index (κ3) is 3.83. The summed E-state index contributed by atoms with van der Waals surface area (Å²) >= 11 is 0. The maximum atomic E-state index is 11.5. The van der Waals surface area contributed by atoms with Crippen LogP contribution in [0, 0.1) is 13.8 Å². The predicted octanol–water partition coefficient (Wildman–Crippen LogP) is 3.80. The molecular weight excluding hydrogens is 348 g/mol. The van der Waals surface area contributed by atoms with Gasteiger partial charge >= 0.3 is 0 Å². The highest BCUT2D eigenvalue weighted by atomic mass is 32.2. The summed E-state index contributed by atoms with van der Waals surface area (Å²) in [5, 5.41) is 0.915.